The number of anilines is 1. The second kappa shape index (κ2) is 7.60. The van der Waals surface area contributed by atoms with Gasteiger partial charge in [0.2, 0.25) is 5.91 Å². The van der Waals surface area contributed by atoms with Crippen LogP contribution < -0.4 is 5.32 Å². The molecule has 1 aromatic carbocycles. The molecule has 3 nitrogen and oxygen atoms in total. The van der Waals surface area contributed by atoms with Crippen LogP contribution in [0.3, 0.4) is 0 Å². The highest BCUT2D eigenvalue weighted by molar-refractivity contribution is 5.96. The second-order valence-electron chi connectivity index (χ2n) is 5.32. The number of rotatable bonds is 5. The molecule has 1 unspecified atom stereocenters. The van der Waals surface area contributed by atoms with Crippen molar-refractivity contribution in [2.45, 2.75) is 58.7 Å². The van der Waals surface area contributed by atoms with Crippen LogP contribution in [0.25, 0.3) is 0 Å². The van der Waals surface area contributed by atoms with Gasteiger partial charge in [-0.2, -0.15) is 0 Å². The Morgan fingerprint density at radius 3 is 2.90 bits per heavy atom. The van der Waals surface area contributed by atoms with E-state index in [4.69, 9.17) is 12.3 Å². The average molecular weight is 297 g/mol. The molecule has 1 aliphatic rings. The summed E-state index contributed by atoms with van der Waals surface area (Å²) in [7, 11) is 0. The minimum Gasteiger partial charge on any atom is -0.324 e. The lowest BCUT2D eigenvalue weighted by molar-refractivity contribution is -0.122. The quantitative estimate of drug-likeness (QED) is 0.894. The molecule has 0 spiro atoms. The molecule has 2 rings (SSSR count). The third-order valence-corrected chi connectivity index (χ3v) is 3.80. The summed E-state index contributed by atoms with van der Waals surface area (Å²) in [6, 6.07) is 4.43. The van der Waals surface area contributed by atoms with Crippen molar-refractivity contribution in [1.82, 2.24) is 4.90 Å². The molecular weight excluding hydrogens is 260 g/mol. The minimum absolute atomic E-state index is 0.00836. The normalized spacial score (nSPS) is 28.5. The van der Waals surface area contributed by atoms with Crippen LogP contribution >= 0.6 is 0 Å². The van der Waals surface area contributed by atoms with E-state index in [1.807, 2.05) is 32.0 Å². The lowest BCUT2D eigenvalue weighted by atomic mass is 10.00. The van der Waals surface area contributed by atoms with Gasteiger partial charge in [0.05, 0.1) is 6.04 Å². The van der Waals surface area contributed by atoms with Gasteiger partial charge in [0.25, 0.3) is 0 Å². The van der Waals surface area contributed by atoms with Gasteiger partial charge in [0, 0.05) is 18.0 Å². The van der Waals surface area contributed by atoms with Crippen molar-refractivity contribution in [3.8, 4) is 0 Å². The number of benzene rings is 1. The number of amides is 1. The van der Waals surface area contributed by atoms with Gasteiger partial charge in [-0.05, 0) is 57.2 Å². The molecular formula is C18H28N2O. The van der Waals surface area contributed by atoms with E-state index in [9.17, 15) is 4.79 Å². The number of carbonyl (C=O) groups excluding carboxylic acids is 1. The summed E-state index contributed by atoms with van der Waals surface area (Å²) >= 11 is 0. The lowest BCUT2D eigenvalue weighted by Crippen LogP contribution is -2.47. The van der Waals surface area contributed by atoms with Crippen LogP contribution in [0.5, 0.6) is 0 Å². The summed E-state index contributed by atoms with van der Waals surface area (Å²) in [4.78, 5) is 14.0. The summed E-state index contributed by atoms with van der Waals surface area (Å²) in [5.41, 5.74) is 2.24. The number of para-hydroxylation sites is 1. The topological polar surface area (TPSA) is 32.3 Å². The fourth-order valence-corrected chi connectivity index (χ4v) is 2.66. The first kappa shape index (κ1) is 7.77. The number of nitrogens with one attached hydrogen (secondary N) is 1. The number of hydrogen-bond acceptors (Lipinski definition) is 2. The molecule has 3 heteroatoms. The zero-order valence-electron chi connectivity index (χ0n) is 21.5. The van der Waals surface area contributed by atoms with Gasteiger partial charge in [-0.25, -0.2) is 0 Å². The number of likely N-dealkylation sites (tertiary alicyclic amines) is 1. The maximum Gasteiger partial charge on any atom is 0.241 e. The van der Waals surface area contributed by atoms with Crippen molar-refractivity contribution in [2.24, 2.45) is 0 Å². The molecule has 1 fully saturated rings. The Hall–Kier alpha value is -1.35. The highest BCUT2D eigenvalue weighted by atomic mass is 16.2. The number of nitrogens with zero attached hydrogens (tertiary/aromatic N) is 1. The molecule has 1 amide bonds. The maximum absolute atomic E-state index is 13.1. The Balaban J connectivity index is 2.39. The smallest absolute Gasteiger partial charge is 0.241 e. The van der Waals surface area contributed by atoms with E-state index in [-0.39, 0.29) is 13.0 Å². The van der Waals surface area contributed by atoms with Crippen molar-refractivity contribution in [1.29, 1.82) is 0 Å². The van der Waals surface area contributed by atoms with E-state index in [0.29, 0.717) is 18.5 Å². The Bertz CT molecular complexity index is 772. The number of hydrogen-bond donors (Lipinski definition) is 1. The first-order valence-electron chi connectivity index (χ1n) is 11.7. The summed E-state index contributed by atoms with van der Waals surface area (Å²) in [5.74, 6) is -0.527. The van der Waals surface area contributed by atoms with E-state index in [1.54, 1.807) is 0 Å². The predicted molar refractivity (Wildman–Crippen MR) is 88.7 cm³/mol. The van der Waals surface area contributed by atoms with Crippen LogP contribution in [0.15, 0.2) is 18.2 Å². The van der Waals surface area contributed by atoms with Gasteiger partial charge in [0.15, 0.2) is 0 Å². The molecule has 0 bridgehead atoms. The summed E-state index contributed by atoms with van der Waals surface area (Å²) in [5, 5.41) is 2.80. The fourth-order valence-electron chi connectivity index (χ4n) is 2.66. The predicted octanol–water partition coefficient (Wildman–Crippen LogP) is 3.90. The molecule has 116 valence electrons. The molecule has 1 N–H and O–H groups in total. The van der Waals surface area contributed by atoms with Crippen molar-refractivity contribution < 1.29 is 17.1 Å². The van der Waals surface area contributed by atoms with Crippen LogP contribution in [0.2, 0.25) is 0 Å². The van der Waals surface area contributed by atoms with Crippen molar-refractivity contribution in [3.63, 3.8) is 0 Å². The van der Waals surface area contributed by atoms with Crippen LogP contribution in [-0.2, 0) is 4.79 Å². The van der Waals surface area contributed by atoms with E-state index in [1.165, 1.54) is 0 Å². The van der Waals surface area contributed by atoms with Crippen LogP contribution in [-0.4, -0.2) is 29.9 Å². The Labute approximate surface area is 141 Å². The maximum atomic E-state index is 13.1. The number of piperidine rings is 1. The molecule has 1 aromatic rings. The first-order chi connectivity index (χ1) is 13.6. The van der Waals surface area contributed by atoms with E-state index in [0.717, 1.165) is 16.0 Å². The van der Waals surface area contributed by atoms with Crippen LogP contribution in [0.4, 0.5) is 5.69 Å². The van der Waals surface area contributed by atoms with Crippen LogP contribution in [0, 0.1) is 13.8 Å². The van der Waals surface area contributed by atoms with Crippen molar-refractivity contribution in [2.75, 3.05) is 18.4 Å². The van der Waals surface area contributed by atoms with Gasteiger partial charge in [-0.3, -0.25) is 9.69 Å². The molecule has 0 saturated carbocycles. The van der Waals surface area contributed by atoms with Gasteiger partial charge < -0.3 is 5.32 Å². The summed E-state index contributed by atoms with van der Waals surface area (Å²) in [6.45, 7) is -2.76. The Morgan fingerprint density at radius 1 is 1.43 bits per heavy atom. The molecule has 1 atom stereocenters. The van der Waals surface area contributed by atoms with E-state index in [2.05, 4.69) is 5.32 Å². The van der Waals surface area contributed by atoms with Crippen LogP contribution in [0.1, 0.15) is 62.3 Å². The standard InChI is InChI=1S/C18H28N2O/c1-4-5-12-20-13-7-6-11-16(20)18(21)19-17-14(2)9-8-10-15(17)3/h8-10,16H,4-7,11-13H2,1-3H3,(H,19,21)/i1D3,4D2,5D2,12D2. The zero-order chi connectivity index (χ0) is 23.1. The largest absolute Gasteiger partial charge is 0.324 e. The first-order valence-corrected chi connectivity index (χ1v) is 7.19. The van der Waals surface area contributed by atoms with Gasteiger partial charge in [-0.1, -0.05) is 37.8 Å². The average Bonchev–Trinajstić information content (AvgIpc) is 2.63. The minimum atomic E-state index is -3.46. The Kier molecular flexibility index (Phi) is 2.81. The molecule has 0 aromatic heterocycles. The second-order valence-corrected chi connectivity index (χ2v) is 5.32. The van der Waals surface area contributed by atoms with Crippen molar-refractivity contribution in [3.05, 3.63) is 29.3 Å². The monoisotopic (exact) mass is 297 g/mol. The zero-order valence-corrected chi connectivity index (χ0v) is 12.5. The Morgan fingerprint density at radius 2 is 2.19 bits per heavy atom. The SMILES string of the molecule is [2H]C([2H])([2H])C([2H])([2H])C([2H])([2H])C([2H])([2H])N1CCCCC1C(=O)Nc1c(C)cccc1C. The molecule has 0 aliphatic carbocycles. The fraction of sp³-hybridized carbons (Fsp3) is 0.611. The third-order valence-electron chi connectivity index (χ3n) is 3.80. The molecule has 1 saturated heterocycles. The summed E-state index contributed by atoms with van der Waals surface area (Å²) < 4.78 is 70.8. The van der Waals surface area contributed by atoms with E-state index >= 15 is 0 Å². The summed E-state index contributed by atoms with van der Waals surface area (Å²) in [6.07, 6.45) is -5.51. The molecule has 0 radical (unpaired) electrons. The van der Waals surface area contributed by atoms with E-state index < -0.39 is 38.0 Å². The molecule has 1 heterocycles. The number of carbonyl (C=O) groups is 1. The van der Waals surface area contributed by atoms with Gasteiger partial charge in [-0.15, -0.1) is 0 Å². The van der Waals surface area contributed by atoms with Gasteiger partial charge in [0.1, 0.15) is 0 Å². The molecule has 1 aliphatic heterocycles. The van der Waals surface area contributed by atoms with Crippen molar-refractivity contribution >= 4 is 11.6 Å². The highest BCUT2D eigenvalue weighted by Crippen LogP contribution is 2.23. The third kappa shape index (κ3) is 4.07. The molecule has 21 heavy (non-hydrogen) atoms. The highest BCUT2D eigenvalue weighted by Gasteiger charge is 2.28. The van der Waals surface area contributed by atoms with Gasteiger partial charge >= 0.3 is 0 Å². The lowest BCUT2D eigenvalue weighted by Gasteiger charge is -2.34. The number of aryl methyl sites for hydroxylation is 2.